The standard InChI is InChI=1S/C22H29N3O/c1-2-25(22(26)20-11-7-4-8-12-20)16-14-23-21-13-15-24(18-21)17-19-9-5-3-6-10-19/h3-12,21,23H,2,13-18H2,1H3. The molecule has 4 heteroatoms. The molecule has 0 aliphatic carbocycles. The van der Waals surface area contributed by atoms with Crippen molar-refractivity contribution < 1.29 is 4.79 Å². The van der Waals surface area contributed by atoms with Crippen LogP contribution in [0.1, 0.15) is 29.3 Å². The number of amides is 1. The van der Waals surface area contributed by atoms with Crippen molar-refractivity contribution in [3.8, 4) is 0 Å². The maximum Gasteiger partial charge on any atom is 0.253 e. The molecule has 1 aliphatic heterocycles. The summed E-state index contributed by atoms with van der Waals surface area (Å²) in [5, 5.41) is 3.63. The van der Waals surface area contributed by atoms with Gasteiger partial charge in [-0.3, -0.25) is 9.69 Å². The molecule has 2 aromatic carbocycles. The molecule has 4 nitrogen and oxygen atoms in total. The van der Waals surface area contributed by atoms with Crippen LogP contribution in [0.15, 0.2) is 60.7 Å². The molecule has 1 amide bonds. The topological polar surface area (TPSA) is 35.6 Å². The van der Waals surface area contributed by atoms with E-state index < -0.39 is 0 Å². The Morgan fingerprint density at radius 2 is 1.81 bits per heavy atom. The summed E-state index contributed by atoms with van der Waals surface area (Å²) in [5.74, 6) is 0.118. The second-order valence-corrected chi connectivity index (χ2v) is 6.91. The van der Waals surface area contributed by atoms with Gasteiger partial charge in [-0.05, 0) is 31.0 Å². The van der Waals surface area contributed by atoms with E-state index in [0.29, 0.717) is 6.04 Å². The average Bonchev–Trinajstić information content (AvgIpc) is 3.13. The Bertz CT molecular complexity index is 674. The number of likely N-dealkylation sites (N-methyl/N-ethyl adjacent to an activating group) is 1. The third kappa shape index (κ3) is 5.16. The quantitative estimate of drug-likeness (QED) is 0.794. The highest BCUT2D eigenvalue weighted by molar-refractivity contribution is 5.94. The molecule has 2 aromatic rings. The molecule has 0 bridgehead atoms. The lowest BCUT2D eigenvalue weighted by Gasteiger charge is -2.23. The van der Waals surface area contributed by atoms with E-state index in [9.17, 15) is 4.79 Å². The molecule has 26 heavy (non-hydrogen) atoms. The maximum absolute atomic E-state index is 12.5. The fourth-order valence-corrected chi connectivity index (χ4v) is 3.55. The van der Waals surface area contributed by atoms with E-state index in [0.717, 1.165) is 44.8 Å². The summed E-state index contributed by atoms with van der Waals surface area (Å²) < 4.78 is 0. The van der Waals surface area contributed by atoms with Crippen LogP contribution in [-0.2, 0) is 6.54 Å². The average molecular weight is 351 g/mol. The summed E-state index contributed by atoms with van der Waals surface area (Å²) in [7, 11) is 0. The van der Waals surface area contributed by atoms with Gasteiger partial charge >= 0.3 is 0 Å². The highest BCUT2D eigenvalue weighted by Gasteiger charge is 2.22. The van der Waals surface area contributed by atoms with Crippen LogP contribution >= 0.6 is 0 Å². The molecular weight excluding hydrogens is 322 g/mol. The third-order valence-electron chi connectivity index (χ3n) is 5.03. The predicted molar refractivity (Wildman–Crippen MR) is 106 cm³/mol. The van der Waals surface area contributed by atoms with Gasteiger partial charge in [0, 0.05) is 50.9 Å². The lowest BCUT2D eigenvalue weighted by atomic mass is 10.2. The smallest absolute Gasteiger partial charge is 0.253 e. The molecule has 1 atom stereocenters. The van der Waals surface area contributed by atoms with E-state index >= 15 is 0 Å². The monoisotopic (exact) mass is 351 g/mol. The Balaban J connectivity index is 1.41. The minimum atomic E-state index is 0.118. The number of carbonyl (C=O) groups excluding carboxylic acids is 1. The van der Waals surface area contributed by atoms with Crippen molar-refractivity contribution in [1.82, 2.24) is 15.1 Å². The summed E-state index contributed by atoms with van der Waals surface area (Å²) in [5.41, 5.74) is 2.14. The first-order valence-corrected chi connectivity index (χ1v) is 9.60. The minimum Gasteiger partial charge on any atom is -0.338 e. The van der Waals surface area contributed by atoms with Crippen molar-refractivity contribution in [1.29, 1.82) is 0 Å². The van der Waals surface area contributed by atoms with Gasteiger partial charge in [-0.15, -0.1) is 0 Å². The SMILES string of the molecule is CCN(CCNC1CCN(Cc2ccccc2)C1)C(=O)c1ccccc1. The van der Waals surface area contributed by atoms with Gasteiger partial charge in [-0.25, -0.2) is 0 Å². The number of nitrogens with zero attached hydrogens (tertiary/aromatic N) is 2. The number of hydrogen-bond donors (Lipinski definition) is 1. The molecule has 0 aromatic heterocycles. The highest BCUT2D eigenvalue weighted by atomic mass is 16.2. The van der Waals surface area contributed by atoms with Crippen molar-refractivity contribution in [2.24, 2.45) is 0 Å². The highest BCUT2D eigenvalue weighted by Crippen LogP contribution is 2.13. The van der Waals surface area contributed by atoms with Gasteiger partial charge in [0.1, 0.15) is 0 Å². The van der Waals surface area contributed by atoms with E-state index in [1.54, 1.807) is 0 Å². The molecule has 1 heterocycles. The molecule has 1 aliphatic rings. The van der Waals surface area contributed by atoms with Crippen molar-refractivity contribution in [2.45, 2.75) is 25.9 Å². The molecule has 3 rings (SSSR count). The zero-order valence-electron chi connectivity index (χ0n) is 15.6. The van der Waals surface area contributed by atoms with Gasteiger partial charge in [-0.1, -0.05) is 48.5 Å². The summed E-state index contributed by atoms with van der Waals surface area (Å²) in [6.45, 7) is 7.60. The zero-order valence-corrected chi connectivity index (χ0v) is 15.6. The van der Waals surface area contributed by atoms with Gasteiger partial charge in [0.2, 0.25) is 0 Å². The van der Waals surface area contributed by atoms with Crippen LogP contribution in [-0.4, -0.2) is 54.5 Å². The second-order valence-electron chi connectivity index (χ2n) is 6.91. The Hall–Kier alpha value is -2.17. The normalized spacial score (nSPS) is 17.3. The number of benzene rings is 2. The first kappa shape index (κ1) is 18.6. The van der Waals surface area contributed by atoms with Crippen molar-refractivity contribution in [3.63, 3.8) is 0 Å². The van der Waals surface area contributed by atoms with Crippen LogP contribution in [0.2, 0.25) is 0 Å². The number of nitrogens with one attached hydrogen (secondary N) is 1. The fraction of sp³-hybridized carbons (Fsp3) is 0.409. The lowest BCUT2D eigenvalue weighted by molar-refractivity contribution is 0.0764. The van der Waals surface area contributed by atoms with Crippen LogP contribution in [0.5, 0.6) is 0 Å². The van der Waals surface area contributed by atoms with Gasteiger partial charge in [0.15, 0.2) is 0 Å². The first-order chi connectivity index (χ1) is 12.8. The number of hydrogen-bond acceptors (Lipinski definition) is 3. The van der Waals surface area contributed by atoms with Crippen LogP contribution in [0.3, 0.4) is 0 Å². The fourth-order valence-electron chi connectivity index (χ4n) is 3.55. The summed E-state index contributed by atoms with van der Waals surface area (Å²) in [6, 6.07) is 20.7. The molecule has 1 unspecified atom stereocenters. The lowest BCUT2D eigenvalue weighted by Crippen LogP contribution is -2.40. The van der Waals surface area contributed by atoms with Gasteiger partial charge in [-0.2, -0.15) is 0 Å². The Labute approximate surface area is 156 Å². The Morgan fingerprint density at radius 3 is 2.50 bits per heavy atom. The Morgan fingerprint density at radius 1 is 1.12 bits per heavy atom. The van der Waals surface area contributed by atoms with Crippen LogP contribution < -0.4 is 5.32 Å². The van der Waals surface area contributed by atoms with E-state index in [4.69, 9.17) is 0 Å². The Kier molecular flexibility index (Phi) is 6.81. The number of carbonyl (C=O) groups is 1. The van der Waals surface area contributed by atoms with E-state index in [1.165, 1.54) is 12.0 Å². The first-order valence-electron chi connectivity index (χ1n) is 9.60. The zero-order chi connectivity index (χ0) is 18.2. The summed E-state index contributed by atoms with van der Waals surface area (Å²) in [6.07, 6.45) is 1.17. The largest absolute Gasteiger partial charge is 0.338 e. The molecule has 1 N–H and O–H groups in total. The van der Waals surface area contributed by atoms with E-state index in [1.807, 2.05) is 42.2 Å². The molecule has 138 valence electrons. The van der Waals surface area contributed by atoms with Crippen LogP contribution in [0.25, 0.3) is 0 Å². The third-order valence-corrected chi connectivity index (χ3v) is 5.03. The van der Waals surface area contributed by atoms with Crippen molar-refractivity contribution in [3.05, 3.63) is 71.8 Å². The molecule has 1 saturated heterocycles. The van der Waals surface area contributed by atoms with Crippen LogP contribution in [0.4, 0.5) is 0 Å². The minimum absolute atomic E-state index is 0.118. The molecule has 0 radical (unpaired) electrons. The molecule has 0 saturated carbocycles. The predicted octanol–water partition coefficient (Wildman–Crippen LogP) is 3.01. The van der Waals surface area contributed by atoms with E-state index in [2.05, 4.69) is 40.5 Å². The van der Waals surface area contributed by atoms with Crippen molar-refractivity contribution in [2.75, 3.05) is 32.7 Å². The van der Waals surface area contributed by atoms with Gasteiger partial charge < -0.3 is 10.2 Å². The molecular formula is C22H29N3O. The van der Waals surface area contributed by atoms with E-state index in [-0.39, 0.29) is 5.91 Å². The van der Waals surface area contributed by atoms with Crippen LogP contribution in [0, 0.1) is 0 Å². The number of rotatable bonds is 8. The second kappa shape index (κ2) is 9.51. The summed E-state index contributed by atoms with van der Waals surface area (Å²) in [4.78, 5) is 17.0. The molecule has 1 fully saturated rings. The number of likely N-dealkylation sites (tertiary alicyclic amines) is 1. The summed E-state index contributed by atoms with van der Waals surface area (Å²) >= 11 is 0. The van der Waals surface area contributed by atoms with Gasteiger partial charge in [0.05, 0.1) is 0 Å². The maximum atomic E-state index is 12.5. The van der Waals surface area contributed by atoms with Gasteiger partial charge in [0.25, 0.3) is 5.91 Å². The molecule has 0 spiro atoms. The van der Waals surface area contributed by atoms with Crippen molar-refractivity contribution >= 4 is 5.91 Å².